The smallest absolute Gasteiger partial charge is 0.128 e. The molecule has 4 rings (SSSR count). The molecule has 1 fully saturated rings. The second-order valence-corrected chi connectivity index (χ2v) is 7.02. The summed E-state index contributed by atoms with van der Waals surface area (Å²) in [5.74, 6) is 1.56. The van der Waals surface area contributed by atoms with Crippen LogP contribution in [0.4, 0.5) is 0 Å². The van der Waals surface area contributed by atoms with Crippen molar-refractivity contribution in [2.45, 2.75) is 25.9 Å². The predicted octanol–water partition coefficient (Wildman–Crippen LogP) is 4.14. The van der Waals surface area contributed by atoms with Gasteiger partial charge in [0.25, 0.3) is 0 Å². The summed E-state index contributed by atoms with van der Waals surface area (Å²) in [6.07, 6.45) is 2.38. The Hall–Kier alpha value is -2.63. The maximum atomic E-state index is 9.05. The summed E-state index contributed by atoms with van der Waals surface area (Å²) in [6, 6.07) is 15.8. The van der Waals surface area contributed by atoms with Crippen molar-refractivity contribution in [3.05, 3.63) is 54.1 Å². The molecule has 0 spiro atoms. The van der Waals surface area contributed by atoms with E-state index in [0.717, 1.165) is 58.7 Å². The lowest BCUT2D eigenvalue weighted by Gasteiger charge is -2.14. The zero-order valence-electron chi connectivity index (χ0n) is 16.1. The number of hydrogen-bond donors (Lipinski definition) is 1. The number of aliphatic hydroxyl groups excluding tert-OH is 1. The molecule has 3 aromatic rings. The molecule has 5 nitrogen and oxygen atoms in total. The van der Waals surface area contributed by atoms with Gasteiger partial charge in [-0.3, -0.25) is 0 Å². The van der Waals surface area contributed by atoms with Crippen LogP contribution < -0.4 is 9.47 Å². The number of ether oxygens (including phenoxy) is 3. The van der Waals surface area contributed by atoms with E-state index < -0.39 is 0 Å². The third kappa shape index (κ3) is 4.11. The van der Waals surface area contributed by atoms with Gasteiger partial charge in [-0.15, -0.1) is 0 Å². The predicted molar refractivity (Wildman–Crippen MR) is 109 cm³/mol. The first-order chi connectivity index (χ1) is 13.7. The lowest BCUT2D eigenvalue weighted by Crippen LogP contribution is -2.16. The van der Waals surface area contributed by atoms with Crippen LogP contribution in [0.3, 0.4) is 0 Å². The molecule has 146 valence electrons. The molecule has 0 radical (unpaired) electrons. The Bertz CT molecular complexity index is 950. The van der Waals surface area contributed by atoms with Crippen molar-refractivity contribution in [3.63, 3.8) is 0 Å². The van der Waals surface area contributed by atoms with E-state index in [0.29, 0.717) is 6.61 Å². The van der Waals surface area contributed by atoms with Gasteiger partial charge in [-0.2, -0.15) is 0 Å². The molecule has 5 heteroatoms. The lowest BCUT2D eigenvalue weighted by atomic mass is 10.0. The van der Waals surface area contributed by atoms with Gasteiger partial charge >= 0.3 is 0 Å². The number of aromatic nitrogens is 1. The molecular weight excluding hydrogens is 354 g/mol. The number of nitrogens with zero attached hydrogens (tertiary/aromatic N) is 1. The van der Waals surface area contributed by atoms with Crippen LogP contribution in [0, 0.1) is 6.92 Å². The summed E-state index contributed by atoms with van der Waals surface area (Å²) in [5.41, 5.74) is 3.81. The van der Waals surface area contributed by atoms with Gasteiger partial charge in [0.1, 0.15) is 24.7 Å². The highest BCUT2D eigenvalue weighted by Gasteiger charge is 2.16. The SMILES string of the molecule is Cc1cc(-c2ccccc2OCCO)nc2ccc(OCC3CCCO3)cc12. The van der Waals surface area contributed by atoms with Gasteiger partial charge in [0.2, 0.25) is 0 Å². The van der Waals surface area contributed by atoms with Crippen molar-refractivity contribution < 1.29 is 19.3 Å². The molecule has 1 aliphatic heterocycles. The third-order valence-electron chi connectivity index (χ3n) is 4.96. The molecule has 1 aromatic heterocycles. The summed E-state index contributed by atoms with van der Waals surface area (Å²) in [6.45, 7) is 3.74. The van der Waals surface area contributed by atoms with E-state index in [1.165, 1.54) is 0 Å². The lowest BCUT2D eigenvalue weighted by molar-refractivity contribution is 0.0680. The van der Waals surface area contributed by atoms with Crippen molar-refractivity contribution in [3.8, 4) is 22.8 Å². The Kier molecular flexibility index (Phi) is 5.74. The average Bonchev–Trinajstić information content (AvgIpc) is 3.25. The molecule has 2 aromatic carbocycles. The molecule has 1 atom stereocenters. The topological polar surface area (TPSA) is 60.8 Å². The fourth-order valence-corrected chi connectivity index (χ4v) is 3.53. The number of aryl methyl sites for hydroxylation is 1. The number of hydrogen-bond acceptors (Lipinski definition) is 5. The summed E-state index contributed by atoms with van der Waals surface area (Å²) >= 11 is 0. The number of pyridine rings is 1. The fourth-order valence-electron chi connectivity index (χ4n) is 3.53. The zero-order valence-corrected chi connectivity index (χ0v) is 16.1. The normalized spacial score (nSPS) is 16.4. The van der Waals surface area contributed by atoms with Crippen LogP contribution in [0.1, 0.15) is 18.4 Å². The highest BCUT2D eigenvalue weighted by molar-refractivity contribution is 5.86. The van der Waals surface area contributed by atoms with E-state index >= 15 is 0 Å². The van der Waals surface area contributed by atoms with Crippen LogP contribution in [0.15, 0.2) is 48.5 Å². The molecule has 2 heterocycles. The number of para-hydroxylation sites is 1. The minimum atomic E-state index is -0.0206. The Balaban J connectivity index is 1.61. The third-order valence-corrected chi connectivity index (χ3v) is 4.96. The molecule has 1 saturated heterocycles. The van der Waals surface area contributed by atoms with Crippen molar-refractivity contribution in [2.75, 3.05) is 26.4 Å². The Morgan fingerprint density at radius 2 is 2.04 bits per heavy atom. The van der Waals surface area contributed by atoms with Gasteiger partial charge in [0, 0.05) is 17.6 Å². The number of rotatable bonds is 7. The highest BCUT2D eigenvalue weighted by atomic mass is 16.5. The minimum absolute atomic E-state index is 0.0206. The van der Waals surface area contributed by atoms with Crippen molar-refractivity contribution in [1.82, 2.24) is 4.98 Å². The average molecular weight is 379 g/mol. The van der Waals surface area contributed by atoms with Crippen LogP contribution in [0.25, 0.3) is 22.2 Å². The summed E-state index contributed by atoms with van der Waals surface area (Å²) in [5, 5.41) is 10.1. The van der Waals surface area contributed by atoms with Crippen LogP contribution >= 0.6 is 0 Å². The van der Waals surface area contributed by atoms with Gasteiger partial charge in [0.15, 0.2) is 0 Å². The zero-order chi connectivity index (χ0) is 19.3. The first-order valence-electron chi connectivity index (χ1n) is 9.73. The van der Waals surface area contributed by atoms with Crippen molar-refractivity contribution in [1.29, 1.82) is 0 Å². The van der Waals surface area contributed by atoms with E-state index in [1.54, 1.807) is 0 Å². The molecule has 0 saturated carbocycles. The highest BCUT2D eigenvalue weighted by Crippen LogP contribution is 2.32. The summed E-state index contributed by atoms with van der Waals surface area (Å²) in [7, 11) is 0. The molecule has 1 N–H and O–H groups in total. The molecule has 28 heavy (non-hydrogen) atoms. The largest absolute Gasteiger partial charge is 0.491 e. The van der Waals surface area contributed by atoms with E-state index in [1.807, 2.05) is 42.5 Å². The maximum absolute atomic E-state index is 9.05. The van der Waals surface area contributed by atoms with E-state index in [9.17, 15) is 0 Å². The molecular formula is C23H25NO4. The Labute approximate surface area is 164 Å². The molecule has 0 amide bonds. The van der Waals surface area contributed by atoms with Crippen molar-refractivity contribution >= 4 is 10.9 Å². The molecule has 1 unspecified atom stereocenters. The number of fused-ring (bicyclic) bond motifs is 1. The minimum Gasteiger partial charge on any atom is -0.491 e. The van der Waals surface area contributed by atoms with Gasteiger partial charge < -0.3 is 19.3 Å². The van der Waals surface area contributed by atoms with E-state index in [-0.39, 0.29) is 19.3 Å². The van der Waals surface area contributed by atoms with E-state index in [4.69, 9.17) is 24.3 Å². The Morgan fingerprint density at radius 3 is 2.86 bits per heavy atom. The standard InChI is InChI=1S/C23H25NO4/c1-16-13-22(19-6-2-3-7-23(19)27-12-10-25)24-21-9-8-17(14-20(16)21)28-15-18-5-4-11-26-18/h2-3,6-9,13-14,18,25H,4-5,10-12,15H2,1H3. The molecule has 0 bridgehead atoms. The van der Waals surface area contributed by atoms with Gasteiger partial charge in [-0.05, 0) is 61.7 Å². The fraction of sp³-hybridized carbons (Fsp3) is 0.348. The maximum Gasteiger partial charge on any atom is 0.128 e. The van der Waals surface area contributed by atoms with Gasteiger partial charge in [-0.25, -0.2) is 4.98 Å². The van der Waals surface area contributed by atoms with Crippen LogP contribution in [-0.4, -0.2) is 42.6 Å². The first kappa shape index (κ1) is 18.7. The van der Waals surface area contributed by atoms with Crippen LogP contribution in [-0.2, 0) is 4.74 Å². The van der Waals surface area contributed by atoms with Crippen LogP contribution in [0.2, 0.25) is 0 Å². The summed E-state index contributed by atoms with van der Waals surface area (Å²) < 4.78 is 17.2. The number of benzene rings is 2. The number of aliphatic hydroxyl groups is 1. The quantitative estimate of drug-likeness (QED) is 0.669. The van der Waals surface area contributed by atoms with Crippen LogP contribution in [0.5, 0.6) is 11.5 Å². The first-order valence-corrected chi connectivity index (χ1v) is 9.73. The van der Waals surface area contributed by atoms with Crippen molar-refractivity contribution in [2.24, 2.45) is 0 Å². The summed E-state index contributed by atoms with van der Waals surface area (Å²) in [4.78, 5) is 4.83. The monoisotopic (exact) mass is 379 g/mol. The molecule has 1 aliphatic rings. The second kappa shape index (κ2) is 8.59. The van der Waals surface area contributed by atoms with Gasteiger partial charge in [0.05, 0.1) is 23.9 Å². The second-order valence-electron chi connectivity index (χ2n) is 7.02. The Morgan fingerprint density at radius 1 is 1.14 bits per heavy atom. The van der Waals surface area contributed by atoms with Gasteiger partial charge in [-0.1, -0.05) is 12.1 Å². The molecule has 0 aliphatic carbocycles. The van der Waals surface area contributed by atoms with E-state index in [2.05, 4.69) is 13.0 Å².